The molecular formula is C50H38N2O2. The molecule has 4 nitrogen and oxygen atoms in total. The molecule has 0 amide bonds. The van der Waals surface area contributed by atoms with E-state index < -0.39 is 0 Å². The Morgan fingerprint density at radius 1 is 0.574 bits per heavy atom. The fourth-order valence-electron chi connectivity index (χ4n) is 7.75. The van der Waals surface area contributed by atoms with Gasteiger partial charge in [0, 0.05) is 56.3 Å². The third kappa shape index (κ3) is 5.56. The highest BCUT2D eigenvalue weighted by molar-refractivity contribution is 6.11. The Hall–Kier alpha value is -7.04. The van der Waals surface area contributed by atoms with Crippen LogP contribution in [0.1, 0.15) is 36.1 Å². The lowest BCUT2D eigenvalue weighted by Gasteiger charge is -2.33. The first-order valence-electron chi connectivity index (χ1n) is 18.3. The fourth-order valence-corrected chi connectivity index (χ4v) is 7.75. The molecule has 260 valence electrons. The molecule has 0 N–H and O–H groups in total. The highest BCUT2D eigenvalue weighted by Crippen LogP contribution is 2.51. The summed E-state index contributed by atoms with van der Waals surface area (Å²) in [6.07, 6.45) is 6.39. The van der Waals surface area contributed by atoms with Gasteiger partial charge in [0.25, 0.3) is 0 Å². The van der Waals surface area contributed by atoms with Crippen LogP contribution in [0.3, 0.4) is 0 Å². The molecule has 7 aromatic carbocycles. The topological polar surface area (TPSA) is 28.9 Å². The minimum absolute atomic E-state index is 0.758. The first-order valence-corrected chi connectivity index (χ1v) is 18.3. The molecule has 2 heterocycles. The van der Waals surface area contributed by atoms with Crippen LogP contribution in [0, 0.1) is 0 Å². The number of rotatable bonds is 8. The first kappa shape index (κ1) is 32.8. The molecule has 0 spiro atoms. The van der Waals surface area contributed by atoms with E-state index in [1.54, 1.807) is 0 Å². The lowest BCUT2D eigenvalue weighted by molar-refractivity contribution is 0.474. The van der Waals surface area contributed by atoms with Gasteiger partial charge >= 0.3 is 0 Å². The van der Waals surface area contributed by atoms with Gasteiger partial charge in [0.1, 0.15) is 17.1 Å². The minimum atomic E-state index is 0.758. The maximum atomic E-state index is 6.95. The summed E-state index contributed by atoms with van der Waals surface area (Å²) in [6.45, 7) is 8.93. The number of benzene rings is 7. The number of para-hydroxylation sites is 5. The van der Waals surface area contributed by atoms with Gasteiger partial charge in [-0.3, -0.25) is 0 Å². The molecule has 8 aromatic rings. The predicted molar refractivity (Wildman–Crippen MR) is 226 cm³/mol. The molecule has 0 unspecified atom stereocenters. The van der Waals surface area contributed by atoms with Gasteiger partial charge in [0.15, 0.2) is 5.58 Å². The fraction of sp³-hybridized carbons (Fsp3) is 0.0400. The van der Waals surface area contributed by atoms with E-state index in [-0.39, 0.29) is 0 Å². The average Bonchev–Trinajstić information content (AvgIpc) is 3.60. The molecular weight excluding hydrogens is 661 g/mol. The van der Waals surface area contributed by atoms with E-state index in [4.69, 9.17) is 15.7 Å². The molecule has 1 aromatic heterocycles. The number of anilines is 5. The number of hydrogen-bond acceptors (Lipinski definition) is 4. The van der Waals surface area contributed by atoms with E-state index in [1.807, 2.05) is 43.3 Å². The van der Waals surface area contributed by atoms with Crippen molar-refractivity contribution < 1.29 is 9.15 Å². The molecule has 1 aliphatic rings. The van der Waals surface area contributed by atoms with Gasteiger partial charge in [-0.25, -0.2) is 0 Å². The summed E-state index contributed by atoms with van der Waals surface area (Å²) in [5.74, 6) is 1.52. The van der Waals surface area contributed by atoms with Crippen LogP contribution < -0.4 is 14.5 Å². The zero-order valence-corrected chi connectivity index (χ0v) is 30.2. The van der Waals surface area contributed by atoms with Crippen molar-refractivity contribution >= 4 is 67.7 Å². The second-order valence-electron chi connectivity index (χ2n) is 13.3. The van der Waals surface area contributed by atoms with Gasteiger partial charge in [0.2, 0.25) is 0 Å². The summed E-state index contributed by atoms with van der Waals surface area (Å²) in [4.78, 5) is 4.55. The van der Waals surface area contributed by atoms with E-state index in [9.17, 15) is 0 Å². The van der Waals surface area contributed by atoms with E-state index in [0.717, 1.165) is 95.4 Å². The number of furan rings is 1. The van der Waals surface area contributed by atoms with Crippen molar-refractivity contribution in [2.24, 2.45) is 0 Å². The first-order chi connectivity index (χ1) is 26.6. The van der Waals surface area contributed by atoms with Crippen LogP contribution >= 0.6 is 0 Å². The Balaban J connectivity index is 1.21. The quantitative estimate of drug-likeness (QED) is 0.158. The molecule has 0 radical (unpaired) electrons. The summed E-state index contributed by atoms with van der Waals surface area (Å²) >= 11 is 0. The highest BCUT2D eigenvalue weighted by atomic mass is 16.5. The molecule has 4 heteroatoms. The minimum Gasteiger partial charge on any atom is -0.456 e. The van der Waals surface area contributed by atoms with Crippen molar-refractivity contribution in [3.8, 4) is 11.5 Å². The van der Waals surface area contributed by atoms with E-state index >= 15 is 0 Å². The Morgan fingerprint density at radius 3 is 1.89 bits per heavy atom. The van der Waals surface area contributed by atoms with Crippen molar-refractivity contribution in [1.82, 2.24) is 0 Å². The summed E-state index contributed by atoms with van der Waals surface area (Å²) < 4.78 is 13.6. The molecule has 0 atom stereocenters. The molecule has 0 aliphatic carbocycles. The number of ether oxygens (including phenoxy) is 1. The summed E-state index contributed by atoms with van der Waals surface area (Å²) in [5.41, 5.74) is 12.6. The SMILES string of the molecule is C=C1c2c(/C=C\C)cc(N(c3ccccc3)c3ccccc3)cc2Oc2cccc(/C(=C\C)N(c3ccccc3)c3cccc4c3oc3ccccc34)c21. The van der Waals surface area contributed by atoms with Gasteiger partial charge in [-0.05, 0) is 85.6 Å². The molecule has 1 aliphatic heterocycles. The Bertz CT molecular complexity index is 2690. The van der Waals surface area contributed by atoms with Crippen molar-refractivity contribution in [3.63, 3.8) is 0 Å². The lowest BCUT2D eigenvalue weighted by Crippen LogP contribution is -2.18. The van der Waals surface area contributed by atoms with Crippen LogP contribution in [0.4, 0.5) is 28.4 Å². The Kier molecular flexibility index (Phi) is 8.41. The second kappa shape index (κ2) is 13.8. The second-order valence-corrected chi connectivity index (χ2v) is 13.3. The summed E-state index contributed by atoms with van der Waals surface area (Å²) in [7, 11) is 0. The Morgan fingerprint density at radius 2 is 1.20 bits per heavy atom. The molecule has 54 heavy (non-hydrogen) atoms. The Labute approximate surface area is 315 Å². The molecule has 0 bridgehead atoms. The number of fused-ring (bicyclic) bond motifs is 5. The van der Waals surface area contributed by atoms with E-state index in [0.29, 0.717) is 0 Å². The van der Waals surface area contributed by atoms with Crippen LogP contribution in [-0.4, -0.2) is 0 Å². The van der Waals surface area contributed by atoms with Crippen LogP contribution in [0.15, 0.2) is 187 Å². The smallest absolute Gasteiger partial charge is 0.159 e. The average molecular weight is 699 g/mol. The number of hydrogen-bond donors (Lipinski definition) is 0. The third-order valence-electron chi connectivity index (χ3n) is 10.0. The maximum Gasteiger partial charge on any atom is 0.159 e. The van der Waals surface area contributed by atoms with Crippen LogP contribution in [0.25, 0.3) is 39.3 Å². The van der Waals surface area contributed by atoms with Crippen molar-refractivity contribution in [2.75, 3.05) is 9.80 Å². The molecule has 0 saturated heterocycles. The third-order valence-corrected chi connectivity index (χ3v) is 10.0. The molecule has 0 saturated carbocycles. The van der Waals surface area contributed by atoms with Crippen LogP contribution in [-0.2, 0) is 0 Å². The van der Waals surface area contributed by atoms with Gasteiger partial charge in [0.05, 0.1) is 11.4 Å². The van der Waals surface area contributed by atoms with Crippen LogP contribution in [0.5, 0.6) is 11.5 Å². The van der Waals surface area contributed by atoms with Crippen molar-refractivity contribution in [1.29, 1.82) is 0 Å². The largest absolute Gasteiger partial charge is 0.456 e. The van der Waals surface area contributed by atoms with E-state index in [1.165, 1.54) is 0 Å². The van der Waals surface area contributed by atoms with Gasteiger partial charge in [-0.1, -0.05) is 122 Å². The van der Waals surface area contributed by atoms with Gasteiger partial charge < -0.3 is 19.0 Å². The van der Waals surface area contributed by atoms with Gasteiger partial charge in [-0.15, -0.1) is 0 Å². The summed E-state index contributed by atoms with van der Waals surface area (Å²) in [6, 6.07) is 56.6. The van der Waals surface area contributed by atoms with Crippen LogP contribution in [0.2, 0.25) is 0 Å². The normalized spacial score (nSPS) is 12.5. The van der Waals surface area contributed by atoms with E-state index in [2.05, 4.69) is 162 Å². The lowest BCUT2D eigenvalue weighted by atomic mass is 9.86. The molecule has 0 fully saturated rings. The number of nitrogens with zero attached hydrogens (tertiary/aromatic N) is 2. The number of allylic oxidation sites excluding steroid dienone is 2. The zero-order valence-electron chi connectivity index (χ0n) is 30.2. The van der Waals surface area contributed by atoms with Gasteiger partial charge in [-0.2, -0.15) is 0 Å². The van der Waals surface area contributed by atoms with Crippen molar-refractivity contribution in [2.45, 2.75) is 13.8 Å². The standard InChI is InChI=1S/C50H38N2O2/c1-4-19-35-32-39(51(36-20-9-6-10-21-36)37-22-11-7-12-23-37)33-47-48(35)34(3)49-42(28-18-31-46(49)53-47)43(5-2)52(38-24-13-8-14-25-38)44-29-17-27-41-40-26-15-16-30-45(40)54-50(41)44/h4-33H,3H2,1-2H3/b19-4-,43-5+. The highest BCUT2D eigenvalue weighted by Gasteiger charge is 2.30. The maximum absolute atomic E-state index is 6.95. The zero-order chi connectivity index (χ0) is 36.6. The monoisotopic (exact) mass is 698 g/mol. The summed E-state index contributed by atoms with van der Waals surface area (Å²) in [5, 5.41) is 2.16. The van der Waals surface area contributed by atoms with Crippen molar-refractivity contribution in [3.05, 3.63) is 205 Å². The predicted octanol–water partition coefficient (Wildman–Crippen LogP) is 14.5. The molecule has 9 rings (SSSR count).